The van der Waals surface area contributed by atoms with Crippen LogP contribution in [-0.4, -0.2) is 33.8 Å². The molecule has 3 N–H and O–H groups in total. The summed E-state index contributed by atoms with van der Waals surface area (Å²) >= 11 is 2.73. The van der Waals surface area contributed by atoms with Crippen LogP contribution < -0.4 is 10.5 Å². The lowest BCUT2D eigenvalue weighted by Gasteiger charge is -2.11. The molecule has 0 fully saturated rings. The molecule has 0 aliphatic carbocycles. The van der Waals surface area contributed by atoms with E-state index >= 15 is 0 Å². The van der Waals surface area contributed by atoms with Crippen molar-refractivity contribution in [3.8, 4) is 5.75 Å². The van der Waals surface area contributed by atoms with Crippen molar-refractivity contribution in [2.45, 2.75) is 10.4 Å². The van der Waals surface area contributed by atoms with Crippen molar-refractivity contribution in [2.24, 2.45) is 0 Å². The summed E-state index contributed by atoms with van der Waals surface area (Å²) in [6.45, 7) is 0.236. The van der Waals surface area contributed by atoms with Gasteiger partial charge >= 0.3 is 0 Å². The zero-order valence-corrected chi connectivity index (χ0v) is 13.3. The average molecular weight is 333 g/mol. The van der Waals surface area contributed by atoms with Gasteiger partial charge in [0.05, 0.1) is 6.10 Å². The Morgan fingerprint density at radius 1 is 1.18 bits per heavy atom. The normalized spacial score (nSPS) is 12.4. The maximum Gasteiger partial charge on any atom is 0.203 e. The van der Waals surface area contributed by atoms with E-state index in [4.69, 9.17) is 10.5 Å². The monoisotopic (exact) mass is 333 g/mol. The van der Waals surface area contributed by atoms with Crippen LogP contribution in [0.3, 0.4) is 0 Å². The number of rotatable bonds is 6. The van der Waals surface area contributed by atoms with E-state index in [0.29, 0.717) is 10.9 Å². The predicted molar refractivity (Wildman–Crippen MR) is 90.5 cm³/mol. The van der Waals surface area contributed by atoms with E-state index in [2.05, 4.69) is 16.3 Å². The first-order valence-electron chi connectivity index (χ1n) is 6.72. The van der Waals surface area contributed by atoms with Gasteiger partial charge in [-0.1, -0.05) is 53.4 Å². The first-order valence-corrected chi connectivity index (χ1v) is 8.52. The van der Waals surface area contributed by atoms with Gasteiger partial charge in [-0.2, -0.15) is 0 Å². The number of anilines is 1. The minimum Gasteiger partial charge on any atom is -0.491 e. The fourth-order valence-electron chi connectivity index (χ4n) is 1.94. The zero-order valence-electron chi connectivity index (χ0n) is 11.7. The number of aromatic nitrogens is 2. The largest absolute Gasteiger partial charge is 0.491 e. The number of hydrogen-bond acceptors (Lipinski definition) is 7. The van der Waals surface area contributed by atoms with E-state index in [1.165, 1.54) is 28.5 Å². The number of nitrogen functional groups attached to an aromatic ring is 1. The van der Waals surface area contributed by atoms with E-state index in [1.807, 2.05) is 36.4 Å². The maximum atomic E-state index is 9.97. The highest BCUT2D eigenvalue weighted by atomic mass is 32.2. The number of nitrogens with zero attached hydrogens (tertiary/aromatic N) is 2. The van der Waals surface area contributed by atoms with Gasteiger partial charge in [0.15, 0.2) is 4.34 Å². The molecule has 3 rings (SSSR count). The number of thioether (sulfide) groups is 1. The second-order valence-electron chi connectivity index (χ2n) is 4.69. The third kappa shape index (κ3) is 3.88. The van der Waals surface area contributed by atoms with Crippen LogP contribution in [0, 0.1) is 0 Å². The Kier molecular flexibility index (Phi) is 4.77. The lowest BCUT2D eigenvalue weighted by molar-refractivity contribution is 0.126. The molecule has 114 valence electrons. The van der Waals surface area contributed by atoms with E-state index in [1.54, 1.807) is 0 Å². The topological polar surface area (TPSA) is 81.3 Å². The van der Waals surface area contributed by atoms with Gasteiger partial charge < -0.3 is 15.6 Å². The van der Waals surface area contributed by atoms with Crippen LogP contribution in [-0.2, 0) is 0 Å². The number of hydrogen-bond donors (Lipinski definition) is 2. The van der Waals surface area contributed by atoms with Crippen LogP contribution in [0.15, 0.2) is 46.8 Å². The van der Waals surface area contributed by atoms with Gasteiger partial charge in [0, 0.05) is 5.75 Å². The van der Waals surface area contributed by atoms with E-state index < -0.39 is 6.10 Å². The lowest BCUT2D eigenvalue weighted by Crippen LogP contribution is -2.20. The van der Waals surface area contributed by atoms with Crippen molar-refractivity contribution in [1.82, 2.24) is 10.2 Å². The van der Waals surface area contributed by atoms with Crippen LogP contribution in [0.25, 0.3) is 10.8 Å². The molecule has 0 radical (unpaired) electrons. The van der Waals surface area contributed by atoms with Crippen molar-refractivity contribution in [3.05, 3.63) is 42.5 Å². The molecule has 0 amide bonds. The van der Waals surface area contributed by atoms with E-state index in [9.17, 15) is 5.11 Å². The molecule has 0 saturated carbocycles. The standard InChI is InChI=1S/C15H15N3O2S2/c16-14-17-18-15(22-14)21-9-12(19)8-20-13-6-5-10-3-1-2-4-11(10)7-13/h1-7,12,19H,8-9H2,(H2,16,17)/t12-/m1/s1. The Balaban J connectivity index is 1.52. The highest BCUT2D eigenvalue weighted by Crippen LogP contribution is 2.24. The first-order chi connectivity index (χ1) is 10.7. The van der Waals surface area contributed by atoms with Crippen LogP contribution in [0.2, 0.25) is 0 Å². The molecule has 7 heteroatoms. The molecule has 1 atom stereocenters. The predicted octanol–water partition coefficient (Wildman–Crippen LogP) is 2.81. The van der Waals surface area contributed by atoms with Gasteiger partial charge in [-0.25, -0.2) is 0 Å². The van der Waals surface area contributed by atoms with Crippen LogP contribution in [0.1, 0.15) is 0 Å². The van der Waals surface area contributed by atoms with Crippen LogP contribution in [0.4, 0.5) is 5.13 Å². The second kappa shape index (κ2) is 6.95. The fourth-order valence-corrected chi connectivity index (χ4v) is 3.51. The molecule has 0 spiro atoms. The van der Waals surface area contributed by atoms with Crippen molar-refractivity contribution < 1.29 is 9.84 Å². The number of fused-ring (bicyclic) bond motifs is 1. The summed E-state index contributed by atoms with van der Waals surface area (Å²) in [6.07, 6.45) is -0.582. The molecular formula is C15H15N3O2S2. The van der Waals surface area contributed by atoms with Gasteiger partial charge in [0.1, 0.15) is 12.4 Å². The first kappa shape index (κ1) is 15.1. The van der Waals surface area contributed by atoms with Crippen molar-refractivity contribution in [1.29, 1.82) is 0 Å². The highest BCUT2D eigenvalue weighted by Gasteiger charge is 2.09. The Labute approximate surface area is 136 Å². The van der Waals surface area contributed by atoms with Crippen molar-refractivity contribution in [3.63, 3.8) is 0 Å². The Morgan fingerprint density at radius 2 is 2.00 bits per heavy atom. The van der Waals surface area contributed by atoms with Crippen molar-refractivity contribution in [2.75, 3.05) is 18.1 Å². The highest BCUT2D eigenvalue weighted by molar-refractivity contribution is 8.01. The molecule has 1 heterocycles. The molecule has 5 nitrogen and oxygen atoms in total. The minimum atomic E-state index is -0.582. The molecular weight excluding hydrogens is 318 g/mol. The molecule has 0 unspecified atom stereocenters. The number of benzene rings is 2. The van der Waals surface area contributed by atoms with E-state index in [-0.39, 0.29) is 6.61 Å². The minimum absolute atomic E-state index is 0.236. The number of aliphatic hydroxyl groups is 1. The fraction of sp³-hybridized carbons (Fsp3) is 0.200. The summed E-state index contributed by atoms with van der Waals surface area (Å²) in [5, 5.41) is 20.3. The molecule has 0 aliphatic rings. The quantitative estimate of drug-likeness (QED) is 0.675. The number of ether oxygens (including phenoxy) is 1. The summed E-state index contributed by atoms with van der Waals surface area (Å²) in [5.41, 5.74) is 5.51. The molecule has 3 aromatic rings. The molecule has 0 aliphatic heterocycles. The molecule has 22 heavy (non-hydrogen) atoms. The summed E-state index contributed by atoms with van der Waals surface area (Å²) in [6, 6.07) is 14.0. The molecule has 0 saturated heterocycles. The smallest absolute Gasteiger partial charge is 0.203 e. The molecule has 0 bridgehead atoms. The average Bonchev–Trinajstić information content (AvgIpc) is 2.96. The Hall–Kier alpha value is -1.83. The summed E-state index contributed by atoms with van der Waals surface area (Å²) in [4.78, 5) is 0. The maximum absolute atomic E-state index is 9.97. The van der Waals surface area contributed by atoms with Crippen LogP contribution >= 0.6 is 23.1 Å². The second-order valence-corrected chi connectivity index (χ2v) is 6.97. The number of aliphatic hydroxyl groups excluding tert-OH is 1. The molecule has 1 aromatic heterocycles. The Bertz CT molecular complexity index is 763. The van der Waals surface area contributed by atoms with Gasteiger partial charge in [-0.3, -0.25) is 0 Å². The van der Waals surface area contributed by atoms with Gasteiger partial charge in [-0.05, 0) is 22.9 Å². The molecule has 2 aromatic carbocycles. The summed E-state index contributed by atoms with van der Waals surface area (Å²) < 4.78 is 6.40. The van der Waals surface area contributed by atoms with Crippen LogP contribution in [0.5, 0.6) is 5.75 Å². The third-order valence-electron chi connectivity index (χ3n) is 2.98. The van der Waals surface area contributed by atoms with Gasteiger partial charge in [0.2, 0.25) is 5.13 Å². The third-order valence-corrected chi connectivity index (χ3v) is 5.02. The van der Waals surface area contributed by atoms with E-state index in [0.717, 1.165) is 15.5 Å². The SMILES string of the molecule is Nc1nnc(SC[C@H](O)COc2ccc3ccccc3c2)s1. The van der Waals surface area contributed by atoms with Crippen molar-refractivity contribution >= 4 is 39.0 Å². The van der Waals surface area contributed by atoms with Gasteiger partial charge in [-0.15, -0.1) is 10.2 Å². The summed E-state index contributed by atoms with van der Waals surface area (Å²) in [5.74, 6) is 1.24. The van der Waals surface area contributed by atoms with Gasteiger partial charge in [0.25, 0.3) is 0 Å². The summed E-state index contributed by atoms with van der Waals surface area (Å²) in [7, 11) is 0. The lowest BCUT2D eigenvalue weighted by atomic mass is 10.1. The Morgan fingerprint density at radius 3 is 2.77 bits per heavy atom. The zero-order chi connectivity index (χ0) is 15.4. The number of nitrogens with two attached hydrogens (primary N) is 1.